The van der Waals surface area contributed by atoms with E-state index in [2.05, 4.69) is 24.6 Å². The molecule has 1 aromatic carbocycles. The van der Waals surface area contributed by atoms with Gasteiger partial charge in [-0.25, -0.2) is 35.5 Å². The second-order valence-corrected chi connectivity index (χ2v) is 11.9. The highest BCUT2D eigenvalue weighted by Gasteiger charge is 2.45. The Labute approximate surface area is 211 Å². The van der Waals surface area contributed by atoms with Crippen LogP contribution in [0.3, 0.4) is 0 Å². The Hall–Kier alpha value is -3.16. The van der Waals surface area contributed by atoms with Gasteiger partial charge in [-0.2, -0.15) is 0 Å². The number of alkyl halides is 4. The number of nitrogens with two attached hydrogens (primary N) is 1. The van der Waals surface area contributed by atoms with Crippen LogP contribution in [-0.2, 0) is 16.1 Å². The predicted molar refractivity (Wildman–Crippen MR) is 130 cm³/mol. The van der Waals surface area contributed by atoms with Gasteiger partial charge in [0.1, 0.15) is 22.1 Å². The summed E-state index contributed by atoms with van der Waals surface area (Å²) in [5, 5.41) is 1.74. The molecule has 14 heteroatoms. The van der Waals surface area contributed by atoms with Crippen LogP contribution in [0.5, 0.6) is 0 Å². The third-order valence-electron chi connectivity index (χ3n) is 6.22. The number of amidine groups is 1. The van der Waals surface area contributed by atoms with E-state index in [1.165, 1.54) is 19.2 Å². The first kappa shape index (κ1) is 28.4. The molecule has 0 aliphatic carbocycles. The van der Waals surface area contributed by atoms with Crippen LogP contribution < -0.4 is 11.1 Å². The molecule has 1 unspecified atom stereocenters. The minimum Gasteiger partial charge on any atom is -0.386 e. The maximum Gasteiger partial charge on any atom is 0.307 e. The average Bonchev–Trinajstić information content (AvgIpc) is 3.26. The summed E-state index contributed by atoms with van der Waals surface area (Å²) < 4.78 is 82.8. The van der Waals surface area contributed by atoms with Crippen LogP contribution in [-0.4, -0.2) is 56.6 Å². The first-order valence-corrected chi connectivity index (χ1v) is 12.8. The number of hydrogen-bond donors (Lipinski definition) is 2. The molecule has 0 radical (unpaired) electrons. The second kappa shape index (κ2) is 10.7. The van der Waals surface area contributed by atoms with Crippen molar-refractivity contribution in [2.75, 3.05) is 18.9 Å². The first-order chi connectivity index (χ1) is 17.2. The lowest BCUT2D eigenvalue weighted by Crippen LogP contribution is -2.46. The van der Waals surface area contributed by atoms with Crippen LogP contribution >= 0.6 is 0 Å². The van der Waals surface area contributed by atoms with E-state index in [-0.39, 0.29) is 35.0 Å². The van der Waals surface area contributed by atoms with E-state index in [1.807, 2.05) is 0 Å². The molecule has 8 nitrogen and oxygen atoms in total. The molecule has 1 aliphatic heterocycles. The summed E-state index contributed by atoms with van der Waals surface area (Å²) in [6, 6.07) is 3.80. The van der Waals surface area contributed by atoms with Gasteiger partial charge in [0.15, 0.2) is 0 Å². The van der Waals surface area contributed by atoms with E-state index in [0.29, 0.717) is 6.42 Å². The van der Waals surface area contributed by atoms with Crippen LogP contribution in [0.25, 0.3) is 0 Å². The predicted octanol–water partition coefficient (Wildman–Crippen LogP) is 4.38. The number of aryl methyl sites for hydroxylation is 1. The Kier molecular flexibility index (Phi) is 8.20. The van der Waals surface area contributed by atoms with Crippen LogP contribution in [0, 0.1) is 5.82 Å². The van der Waals surface area contributed by atoms with Gasteiger partial charge in [-0.3, -0.25) is 14.8 Å². The molecular formula is C23H27F5N6O2S. The van der Waals surface area contributed by atoms with Crippen molar-refractivity contribution in [3.63, 3.8) is 0 Å². The number of halogens is 5. The Morgan fingerprint density at radius 1 is 1.27 bits per heavy atom. The quantitative estimate of drug-likeness (QED) is 0.275. The molecule has 1 aliphatic rings. The molecule has 0 spiro atoms. The summed E-state index contributed by atoms with van der Waals surface area (Å²) >= 11 is 0. The Bertz CT molecular complexity index is 1310. The molecule has 37 heavy (non-hydrogen) atoms. The van der Waals surface area contributed by atoms with E-state index < -0.39 is 56.6 Å². The van der Waals surface area contributed by atoms with Crippen LogP contribution in [0.4, 0.5) is 27.6 Å². The highest BCUT2D eigenvalue weighted by molar-refractivity contribution is 7.96. The van der Waals surface area contributed by atoms with Crippen LogP contribution in [0.2, 0.25) is 0 Å². The topological polar surface area (TPSA) is 123 Å². The lowest BCUT2D eigenvalue weighted by atomic mass is 10.1. The summed E-state index contributed by atoms with van der Waals surface area (Å²) in [5.41, 5.74) is 6.12. The standard InChI is InChI=1S/C23H27F5N6O2S/c1-22(2,21(29)30-3)37(36)18(7-9-33-37)15-10-13(4-5-16(15)24)34-19(35)17-12-31-14(11-32-17)6-8-23(27,28)20(25)26/h4-5,10-12,18,20H,6-9H2,1-3H3,(H2,29,30)(H,34,35)/t18-,37?/m0/s1. The zero-order valence-electron chi connectivity index (χ0n) is 20.4. The molecule has 1 aromatic heterocycles. The van der Waals surface area contributed by atoms with Gasteiger partial charge in [0.05, 0.1) is 26.9 Å². The Morgan fingerprint density at radius 3 is 2.57 bits per heavy atom. The van der Waals surface area contributed by atoms with Gasteiger partial charge in [-0.05, 0) is 44.9 Å². The van der Waals surface area contributed by atoms with E-state index >= 15 is 0 Å². The number of nitrogens with one attached hydrogen (secondary N) is 1. The van der Waals surface area contributed by atoms with Crippen LogP contribution in [0.1, 0.15) is 53.7 Å². The van der Waals surface area contributed by atoms with Crippen molar-refractivity contribution in [2.45, 2.75) is 55.5 Å². The maximum absolute atomic E-state index is 14.9. The van der Waals surface area contributed by atoms with E-state index in [9.17, 15) is 31.0 Å². The SMILES string of the molecule is C/N=C(/N)C(C)(C)S1(=O)=NCC[C@H]1c1cc(NC(=O)c2cnc(CCC(F)(F)C(F)F)cn2)ccc1F. The molecule has 1 amide bonds. The molecule has 0 fully saturated rings. The van der Waals surface area contributed by atoms with E-state index in [4.69, 9.17) is 5.73 Å². The summed E-state index contributed by atoms with van der Waals surface area (Å²) in [7, 11) is -1.62. The number of amides is 1. The van der Waals surface area contributed by atoms with Gasteiger partial charge in [-0.15, -0.1) is 0 Å². The average molecular weight is 547 g/mol. The fraction of sp³-hybridized carbons (Fsp3) is 0.478. The number of anilines is 1. The van der Waals surface area contributed by atoms with Crippen molar-refractivity contribution in [1.29, 1.82) is 0 Å². The number of nitrogens with zero attached hydrogens (tertiary/aromatic N) is 4. The molecule has 3 rings (SSSR count). The Morgan fingerprint density at radius 2 is 1.97 bits per heavy atom. The van der Waals surface area contributed by atoms with Crippen LogP contribution in [0.15, 0.2) is 39.9 Å². The number of carbonyl (C=O) groups excluding carboxylic acids is 1. The third-order valence-corrected chi connectivity index (χ3v) is 9.72. The first-order valence-electron chi connectivity index (χ1n) is 11.2. The van der Waals surface area contributed by atoms with Gasteiger partial charge in [0, 0.05) is 37.5 Å². The molecule has 2 heterocycles. The molecule has 202 valence electrons. The normalized spacial score (nSPS) is 20.7. The Balaban J connectivity index is 1.79. The minimum absolute atomic E-state index is 0.0122. The summed E-state index contributed by atoms with van der Waals surface area (Å²) in [6.45, 7) is 3.52. The molecule has 0 bridgehead atoms. The fourth-order valence-electron chi connectivity index (χ4n) is 3.89. The summed E-state index contributed by atoms with van der Waals surface area (Å²) in [6.07, 6.45) is -2.99. The van der Waals surface area contributed by atoms with Gasteiger partial charge >= 0.3 is 12.3 Å². The molecule has 2 aromatic rings. The van der Waals surface area contributed by atoms with E-state index in [0.717, 1.165) is 18.5 Å². The van der Waals surface area contributed by atoms with Gasteiger partial charge < -0.3 is 11.1 Å². The van der Waals surface area contributed by atoms with Crippen molar-refractivity contribution in [2.24, 2.45) is 15.1 Å². The fourth-order valence-corrected chi connectivity index (χ4v) is 6.82. The second-order valence-electron chi connectivity index (χ2n) is 8.96. The van der Waals surface area contributed by atoms with Crippen molar-refractivity contribution < 1.29 is 31.0 Å². The summed E-state index contributed by atoms with van der Waals surface area (Å²) in [4.78, 5) is 24.3. The summed E-state index contributed by atoms with van der Waals surface area (Å²) in [5.74, 6) is -5.38. The lowest BCUT2D eigenvalue weighted by molar-refractivity contribution is -0.132. The van der Waals surface area contributed by atoms with Crippen molar-refractivity contribution in [3.05, 3.63) is 53.4 Å². The molecule has 0 saturated heterocycles. The monoisotopic (exact) mass is 546 g/mol. The van der Waals surface area contributed by atoms with Gasteiger partial charge in [0.25, 0.3) is 5.91 Å². The van der Waals surface area contributed by atoms with Crippen molar-refractivity contribution in [3.8, 4) is 0 Å². The zero-order chi connectivity index (χ0) is 27.6. The number of hydrogen-bond acceptors (Lipinski definition) is 6. The minimum atomic E-state index is -4.15. The van der Waals surface area contributed by atoms with E-state index in [1.54, 1.807) is 13.8 Å². The smallest absolute Gasteiger partial charge is 0.307 e. The highest BCUT2D eigenvalue weighted by Crippen LogP contribution is 2.42. The number of benzene rings is 1. The zero-order valence-corrected chi connectivity index (χ0v) is 21.2. The van der Waals surface area contributed by atoms with Crippen molar-refractivity contribution >= 4 is 27.2 Å². The third kappa shape index (κ3) is 5.73. The molecule has 3 N–H and O–H groups in total. The maximum atomic E-state index is 14.9. The lowest BCUT2D eigenvalue weighted by Gasteiger charge is -2.31. The largest absolute Gasteiger partial charge is 0.386 e. The highest BCUT2D eigenvalue weighted by atomic mass is 32.2. The number of rotatable bonds is 9. The van der Waals surface area contributed by atoms with Gasteiger partial charge in [0.2, 0.25) is 0 Å². The molecular weight excluding hydrogens is 519 g/mol. The molecule has 2 atom stereocenters. The molecule has 0 saturated carbocycles. The van der Waals surface area contributed by atoms with Crippen molar-refractivity contribution in [1.82, 2.24) is 9.97 Å². The number of aromatic nitrogens is 2. The number of carbonyl (C=O) groups is 1. The van der Waals surface area contributed by atoms with Gasteiger partial charge in [-0.1, -0.05) is 0 Å². The number of aliphatic imine (C=N–C) groups is 1.